The molecule has 0 saturated carbocycles. The van der Waals surface area contributed by atoms with Crippen molar-refractivity contribution in [1.29, 1.82) is 0 Å². The van der Waals surface area contributed by atoms with Crippen molar-refractivity contribution in [2.24, 2.45) is 4.99 Å². The van der Waals surface area contributed by atoms with Crippen molar-refractivity contribution < 1.29 is 8.78 Å². The number of hydrogen-bond acceptors (Lipinski definition) is 3. The molecule has 0 amide bonds. The Morgan fingerprint density at radius 3 is 2.56 bits per heavy atom. The summed E-state index contributed by atoms with van der Waals surface area (Å²) in [7, 11) is 1.62. The lowest BCUT2D eigenvalue weighted by Gasteiger charge is -2.11. The van der Waals surface area contributed by atoms with Gasteiger partial charge in [-0.05, 0) is 18.2 Å². The fraction of sp³-hybridized carbons (Fsp3) is 0.158. The first-order chi connectivity index (χ1) is 12.7. The minimum absolute atomic E-state index is 0. The number of nitrogens with one attached hydrogen (secondary N) is 2. The maximum Gasteiger partial charge on any atom is 0.191 e. The predicted molar refractivity (Wildman–Crippen MR) is 116 cm³/mol. The molecule has 0 atom stereocenters. The minimum atomic E-state index is -0.470. The molecule has 0 aliphatic carbocycles. The van der Waals surface area contributed by atoms with Crippen molar-refractivity contribution in [3.05, 3.63) is 76.8 Å². The van der Waals surface area contributed by atoms with Crippen LogP contribution in [0.5, 0.6) is 0 Å². The van der Waals surface area contributed by atoms with E-state index in [4.69, 9.17) is 0 Å². The van der Waals surface area contributed by atoms with Crippen LogP contribution in [0.25, 0.3) is 10.6 Å². The largest absolute Gasteiger partial charge is 0.352 e. The first kappa shape index (κ1) is 21.2. The molecule has 0 unspecified atom stereocenters. The molecule has 1 aromatic heterocycles. The zero-order valence-electron chi connectivity index (χ0n) is 14.6. The Labute approximate surface area is 177 Å². The van der Waals surface area contributed by atoms with E-state index in [1.54, 1.807) is 18.4 Å². The van der Waals surface area contributed by atoms with Gasteiger partial charge in [0, 0.05) is 30.1 Å². The number of guanidine groups is 1. The molecule has 27 heavy (non-hydrogen) atoms. The van der Waals surface area contributed by atoms with Gasteiger partial charge in [-0.2, -0.15) is 0 Å². The van der Waals surface area contributed by atoms with Crippen molar-refractivity contribution >= 4 is 41.3 Å². The number of thiazole rings is 1. The quantitative estimate of drug-likeness (QED) is 0.307. The maximum absolute atomic E-state index is 13.7. The van der Waals surface area contributed by atoms with Crippen LogP contribution in [-0.2, 0) is 13.1 Å². The molecule has 0 aliphatic rings. The lowest BCUT2D eigenvalue weighted by molar-refractivity contribution is 0.581. The Hall–Kier alpha value is -2.07. The summed E-state index contributed by atoms with van der Waals surface area (Å²) in [5.41, 5.74) is 2.20. The summed E-state index contributed by atoms with van der Waals surface area (Å²) in [4.78, 5) is 8.68. The summed E-state index contributed by atoms with van der Waals surface area (Å²) in [6.45, 7) is 0.615. The third kappa shape index (κ3) is 5.96. The summed E-state index contributed by atoms with van der Waals surface area (Å²) in [6, 6.07) is 13.3. The van der Waals surface area contributed by atoms with Crippen molar-refractivity contribution in [3.63, 3.8) is 0 Å². The fourth-order valence-electron chi connectivity index (χ4n) is 2.35. The second-order valence-corrected chi connectivity index (χ2v) is 6.38. The Kier molecular flexibility index (Phi) is 8.11. The highest BCUT2D eigenvalue weighted by Crippen LogP contribution is 2.23. The molecule has 0 radical (unpaired) electrons. The van der Waals surface area contributed by atoms with Crippen LogP contribution in [0.15, 0.2) is 58.9 Å². The van der Waals surface area contributed by atoms with Crippen LogP contribution in [-0.4, -0.2) is 18.0 Å². The predicted octanol–water partition coefficient (Wildman–Crippen LogP) is 4.57. The molecule has 3 aromatic rings. The SMILES string of the molecule is CN=C(NCc1csc(-c2ccccc2)n1)NCc1cc(F)ccc1F.I. The molecule has 4 nitrogen and oxygen atoms in total. The van der Waals surface area contributed by atoms with Gasteiger partial charge in [0.05, 0.1) is 12.2 Å². The smallest absolute Gasteiger partial charge is 0.191 e. The molecule has 1 heterocycles. The lowest BCUT2D eigenvalue weighted by Crippen LogP contribution is -2.36. The zero-order chi connectivity index (χ0) is 18.4. The highest BCUT2D eigenvalue weighted by Gasteiger charge is 2.07. The molecule has 0 spiro atoms. The second kappa shape index (κ2) is 10.3. The molecule has 0 saturated heterocycles. The summed E-state index contributed by atoms with van der Waals surface area (Å²) in [5.74, 6) is -0.439. The van der Waals surface area contributed by atoms with Crippen LogP contribution in [0.2, 0.25) is 0 Å². The van der Waals surface area contributed by atoms with Gasteiger partial charge < -0.3 is 10.6 Å². The van der Waals surface area contributed by atoms with E-state index in [0.717, 1.165) is 28.4 Å². The first-order valence-electron chi connectivity index (χ1n) is 8.04. The van der Waals surface area contributed by atoms with Crippen molar-refractivity contribution in [2.45, 2.75) is 13.1 Å². The van der Waals surface area contributed by atoms with Crippen LogP contribution in [0, 0.1) is 11.6 Å². The van der Waals surface area contributed by atoms with E-state index >= 15 is 0 Å². The van der Waals surface area contributed by atoms with Crippen LogP contribution in [0.1, 0.15) is 11.3 Å². The molecule has 0 aliphatic heterocycles. The molecule has 142 valence electrons. The number of aliphatic imine (C=N–C) groups is 1. The van der Waals surface area contributed by atoms with Crippen molar-refractivity contribution in [1.82, 2.24) is 15.6 Å². The van der Waals surface area contributed by atoms with Crippen LogP contribution < -0.4 is 10.6 Å². The standard InChI is InChI=1S/C19H18F2N4S.HI/c1-22-19(23-10-14-9-15(20)7-8-17(14)21)24-11-16-12-26-18(25-16)13-5-3-2-4-6-13;/h2-9,12H,10-11H2,1H3,(H2,22,23,24);1H. The number of aromatic nitrogens is 1. The second-order valence-electron chi connectivity index (χ2n) is 5.53. The normalized spacial score (nSPS) is 11.0. The molecule has 2 aromatic carbocycles. The van der Waals surface area contributed by atoms with Gasteiger partial charge in [0.15, 0.2) is 5.96 Å². The monoisotopic (exact) mass is 500 g/mol. The molecule has 3 rings (SSSR count). The Morgan fingerprint density at radius 2 is 1.81 bits per heavy atom. The number of halogens is 3. The Balaban J connectivity index is 0.00000261. The van der Waals surface area contributed by atoms with E-state index < -0.39 is 11.6 Å². The number of rotatable bonds is 5. The number of nitrogens with zero attached hydrogens (tertiary/aromatic N) is 2. The van der Waals surface area contributed by atoms with Crippen molar-refractivity contribution in [3.8, 4) is 10.6 Å². The van der Waals surface area contributed by atoms with E-state index in [0.29, 0.717) is 12.5 Å². The number of hydrogen-bond donors (Lipinski definition) is 2. The summed E-state index contributed by atoms with van der Waals surface area (Å²) < 4.78 is 26.9. The average Bonchev–Trinajstić information content (AvgIpc) is 3.14. The fourth-order valence-corrected chi connectivity index (χ4v) is 3.18. The highest BCUT2D eigenvalue weighted by molar-refractivity contribution is 14.0. The Morgan fingerprint density at radius 1 is 1.07 bits per heavy atom. The van der Waals surface area contributed by atoms with E-state index in [-0.39, 0.29) is 36.1 Å². The van der Waals surface area contributed by atoms with Gasteiger partial charge in [0.2, 0.25) is 0 Å². The minimum Gasteiger partial charge on any atom is -0.352 e. The summed E-state index contributed by atoms with van der Waals surface area (Å²) in [5, 5.41) is 9.02. The van der Waals surface area contributed by atoms with Crippen LogP contribution >= 0.6 is 35.3 Å². The summed E-state index contributed by atoms with van der Waals surface area (Å²) >= 11 is 1.57. The topological polar surface area (TPSA) is 49.3 Å². The maximum atomic E-state index is 13.7. The number of benzene rings is 2. The van der Waals surface area contributed by atoms with Gasteiger partial charge in [-0.25, -0.2) is 13.8 Å². The van der Waals surface area contributed by atoms with Gasteiger partial charge in [-0.15, -0.1) is 35.3 Å². The Bertz CT molecular complexity index is 900. The molecule has 0 bridgehead atoms. The third-order valence-electron chi connectivity index (χ3n) is 3.69. The molecule has 2 N–H and O–H groups in total. The molecule has 0 fully saturated rings. The van der Waals surface area contributed by atoms with Gasteiger partial charge in [0.1, 0.15) is 16.6 Å². The molecule has 8 heteroatoms. The van der Waals surface area contributed by atoms with Gasteiger partial charge in [-0.3, -0.25) is 4.99 Å². The third-order valence-corrected chi connectivity index (χ3v) is 4.63. The average molecular weight is 500 g/mol. The first-order valence-corrected chi connectivity index (χ1v) is 8.92. The van der Waals surface area contributed by atoms with Gasteiger partial charge >= 0.3 is 0 Å². The van der Waals surface area contributed by atoms with E-state index in [2.05, 4.69) is 20.6 Å². The lowest BCUT2D eigenvalue weighted by atomic mass is 10.2. The van der Waals surface area contributed by atoms with Crippen LogP contribution in [0.3, 0.4) is 0 Å². The molecular weight excluding hydrogens is 481 g/mol. The van der Waals surface area contributed by atoms with Gasteiger partial charge in [-0.1, -0.05) is 30.3 Å². The van der Waals surface area contributed by atoms with Gasteiger partial charge in [0.25, 0.3) is 0 Å². The summed E-state index contributed by atoms with van der Waals surface area (Å²) in [6.07, 6.45) is 0. The van der Waals surface area contributed by atoms with Crippen molar-refractivity contribution in [2.75, 3.05) is 7.05 Å². The van der Waals surface area contributed by atoms with Crippen LogP contribution in [0.4, 0.5) is 8.78 Å². The highest BCUT2D eigenvalue weighted by atomic mass is 127. The zero-order valence-corrected chi connectivity index (χ0v) is 17.7. The van der Waals surface area contributed by atoms with E-state index in [9.17, 15) is 8.78 Å². The molecular formula is C19H19F2IN4S. The van der Waals surface area contributed by atoms with E-state index in [1.165, 1.54) is 6.07 Å². The van der Waals surface area contributed by atoms with E-state index in [1.807, 2.05) is 35.7 Å².